The molecule has 0 radical (unpaired) electrons. The van der Waals surface area contributed by atoms with Crippen molar-refractivity contribution in [2.45, 2.75) is 6.42 Å². The van der Waals surface area contributed by atoms with Gasteiger partial charge in [-0.05, 0) is 0 Å². The van der Waals surface area contributed by atoms with Crippen LogP contribution in [0.3, 0.4) is 0 Å². The van der Waals surface area contributed by atoms with Crippen molar-refractivity contribution in [3.63, 3.8) is 0 Å². The maximum absolute atomic E-state index is 4.75. The molecule has 0 aliphatic heterocycles. The van der Waals surface area contributed by atoms with E-state index >= 15 is 0 Å². The van der Waals surface area contributed by atoms with Gasteiger partial charge in [-0.3, -0.25) is 0 Å². The number of aliphatic imine (C=N–C) groups is 1. The summed E-state index contributed by atoms with van der Waals surface area (Å²) < 4.78 is 4.75. The van der Waals surface area contributed by atoms with Gasteiger partial charge in [0, 0.05) is 26.8 Å². The van der Waals surface area contributed by atoms with Crippen LogP contribution in [0.15, 0.2) is 4.99 Å². The fraction of sp³-hybridized carbons (Fsp3) is 0.800. The molecule has 0 bridgehead atoms. The molecule has 0 amide bonds. The summed E-state index contributed by atoms with van der Waals surface area (Å²) in [5, 5.41) is 0. The number of hydrogen-bond acceptors (Lipinski definition) is 2. The van der Waals surface area contributed by atoms with Gasteiger partial charge in [-0.1, -0.05) is 0 Å². The summed E-state index contributed by atoms with van der Waals surface area (Å²) in [6.45, 7) is 0.775. The molecule has 0 heterocycles. The van der Waals surface area contributed by atoms with Crippen LogP contribution in [0.2, 0.25) is 0 Å². The molecule has 42 valence electrons. The molecule has 0 aromatic heterocycles. The van der Waals surface area contributed by atoms with Crippen molar-refractivity contribution >= 4 is 6.21 Å². The van der Waals surface area contributed by atoms with E-state index in [-0.39, 0.29) is 0 Å². The topological polar surface area (TPSA) is 21.6 Å². The van der Waals surface area contributed by atoms with Crippen molar-refractivity contribution in [2.24, 2.45) is 4.99 Å². The Morgan fingerprint density at radius 3 is 2.86 bits per heavy atom. The molecule has 0 saturated heterocycles. The lowest BCUT2D eigenvalue weighted by molar-refractivity contribution is 0.208. The minimum Gasteiger partial charge on any atom is -0.384 e. The highest BCUT2D eigenvalue weighted by atomic mass is 16.5. The van der Waals surface area contributed by atoms with E-state index in [1.807, 2.05) is 6.21 Å². The fourth-order valence-corrected chi connectivity index (χ4v) is 0.300. The zero-order valence-corrected chi connectivity index (χ0v) is 4.85. The van der Waals surface area contributed by atoms with Gasteiger partial charge < -0.3 is 9.73 Å². The Bertz CT molecular complexity index is 52.0. The van der Waals surface area contributed by atoms with Crippen LogP contribution in [-0.2, 0) is 4.74 Å². The van der Waals surface area contributed by atoms with E-state index in [2.05, 4.69) is 4.99 Å². The van der Waals surface area contributed by atoms with Gasteiger partial charge in [0.25, 0.3) is 0 Å². The maximum atomic E-state index is 4.75. The highest BCUT2D eigenvalue weighted by molar-refractivity contribution is 5.56. The van der Waals surface area contributed by atoms with Crippen molar-refractivity contribution in [1.82, 2.24) is 0 Å². The molecule has 7 heavy (non-hydrogen) atoms. The van der Waals surface area contributed by atoms with E-state index in [4.69, 9.17) is 4.74 Å². The number of nitrogens with zero attached hydrogens (tertiary/aromatic N) is 1. The predicted octanol–water partition coefficient (Wildman–Crippen LogP) is 0.724. The van der Waals surface area contributed by atoms with Crippen molar-refractivity contribution in [2.75, 3.05) is 20.8 Å². The molecule has 2 nitrogen and oxygen atoms in total. The summed E-state index contributed by atoms with van der Waals surface area (Å²) in [5.74, 6) is 0. The summed E-state index contributed by atoms with van der Waals surface area (Å²) in [7, 11) is 3.44. The lowest BCUT2D eigenvalue weighted by Gasteiger charge is -1.86. The highest BCUT2D eigenvalue weighted by Gasteiger charge is 1.73. The van der Waals surface area contributed by atoms with E-state index in [0.717, 1.165) is 13.0 Å². The molecule has 2 heteroatoms. The second kappa shape index (κ2) is 5.63. The number of hydrogen-bond donors (Lipinski definition) is 0. The lowest BCUT2D eigenvalue weighted by atomic mass is 10.5. The maximum Gasteiger partial charge on any atom is 0.0511 e. The second-order valence-electron chi connectivity index (χ2n) is 1.22. The Kier molecular flexibility index (Phi) is 5.33. The molecule has 0 aromatic carbocycles. The van der Waals surface area contributed by atoms with Crippen LogP contribution >= 0.6 is 0 Å². The first-order valence-electron chi connectivity index (χ1n) is 2.31. The number of rotatable bonds is 3. The Morgan fingerprint density at radius 1 is 1.71 bits per heavy atom. The van der Waals surface area contributed by atoms with Crippen molar-refractivity contribution < 1.29 is 4.74 Å². The minimum absolute atomic E-state index is 0.775. The summed E-state index contributed by atoms with van der Waals surface area (Å²) in [4.78, 5) is 3.77. The van der Waals surface area contributed by atoms with Gasteiger partial charge in [-0.15, -0.1) is 0 Å². The summed E-state index contributed by atoms with van der Waals surface area (Å²) in [6, 6.07) is 0. The third kappa shape index (κ3) is 5.63. The normalized spacial score (nSPS) is 10.6. The average molecular weight is 101 g/mol. The molecule has 0 aliphatic rings. The van der Waals surface area contributed by atoms with Crippen LogP contribution in [0.25, 0.3) is 0 Å². The molecule has 0 saturated carbocycles. The first kappa shape index (κ1) is 6.63. The predicted molar refractivity (Wildman–Crippen MR) is 30.9 cm³/mol. The molecular formula is C5H11NO. The van der Waals surface area contributed by atoms with Gasteiger partial charge in [0.15, 0.2) is 0 Å². The summed E-state index contributed by atoms with van der Waals surface area (Å²) in [5.41, 5.74) is 0. The monoisotopic (exact) mass is 101 g/mol. The van der Waals surface area contributed by atoms with Crippen LogP contribution in [0.5, 0.6) is 0 Å². The Balaban J connectivity index is 2.69. The largest absolute Gasteiger partial charge is 0.384 e. The molecule has 0 spiro atoms. The van der Waals surface area contributed by atoms with E-state index in [9.17, 15) is 0 Å². The quantitative estimate of drug-likeness (QED) is 0.379. The third-order valence-electron chi connectivity index (χ3n) is 0.634. The van der Waals surface area contributed by atoms with E-state index in [1.54, 1.807) is 14.2 Å². The van der Waals surface area contributed by atoms with Crippen LogP contribution in [-0.4, -0.2) is 27.0 Å². The minimum atomic E-state index is 0.775. The van der Waals surface area contributed by atoms with Gasteiger partial charge in [0.1, 0.15) is 0 Å². The third-order valence-corrected chi connectivity index (χ3v) is 0.634. The van der Waals surface area contributed by atoms with Crippen LogP contribution < -0.4 is 0 Å². The van der Waals surface area contributed by atoms with Gasteiger partial charge >= 0.3 is 0 Å². The lowest BCUT2D eigenvalue weighted by Crippen LogP contribution is -1.87. The molecule has 0 N–H and O–H groups in total. The van der Waals surface area contributed by atoms with Crippen LogP contribution in [0.1, 0.15) is 6.42 Å². The molecule has 0 atom stereocenters. The zero-order chi connectivity index (χ0) is 5.54. The van der Waals surface area contributed by atoms with Crippen molar-refractivity contribution in [3.05, 3.63) is 0 Å². The first-order valence-corrected chi connectivity index (χ1v) is 2.31. The highest BCUT2D eigenvalue weighted by Crippen LogP contribution is 1.71. The van der Waals surface area contributed by atoms with E-state index in [1.165, 1.54) is 0 Å². The van der Waals surface area contributed by atoms with Crippen molar-refractivity contribution in [1.29, 1.82) is 0 Å². The fourth-order valence-electron chi connectivity index (χ4n) is 0.300. The standard InChI is InChI=1S/C5H11NO/c1-6-4-3-5-7-2/h4H,3,5H2,1-2H3. The Labute approximate surface area is 44.2 Å². The summed E-state index contributed by atoms with van der Waals surface area (Å²) in [6.07, 6.45) is 2.76. The second-order valence-corrected chi connectivity index (χ2v) is 1.22. The van der Waals surface area contributed by atoms with Crippen LogP contribution in [0, 0.1) is 0 Å². The molecule has 0 aliphatic carbocycles. The summed E-state index contributed by atoms with van der Waals surface area (Å²) >= 11 is 0. The van der Waals surface area contributed by atoms with Gasteiger partial charge in [-0.2, -0.15) is 0 Å². The van der Waals surface area contributed by atoms with E-state index < -0.39 is 0 Å². The Hall–Kier alpha value is -0.370. The average Bonchev–Trinajstić information content (AvgIpc) is 1.69. The smallest absolute Gasteiger partial charge is 0.0511 e. The van der Waals surface area contributed by atoms with Crippen molar-refractivity contribution in [3.8, 4) is 0 Å². The van der Waals surface area contributed by atoms with Gasteiger partial charge in [0.05, 0.1) is 6.61 Å². The number of ether oxygens (including phenoxy) is 1. The zero-order valence-electron chi connectivity index (χ0n) is 4.85. The molecule has 0 rings (SSSR count). The molecule has 0 unspecified atom stereocenters. The van der Waals surface area contributed by atoms with E-state index in [0.29, 0.717) is 0 Å². The van der Waals surface area contributed by atoms with Gasteiger partial charge in [-0.25, -0.2) is 0 Å². The number of methoxy groups -OCH3 is 1. The van der Waals surface area contributed by atoms with Gasteiger partial charge in [0.2, 0.25) is 0 Å². The van der Waals surface area contributed by atoms with Crippen LogP contribution in [0.4, 0.5) is 0 Å². The molecule has 0 aromatic rings. The molecule has 0 fully saturated rings. The Morgan fingerprint density at radius 2 is 2.43 bits per heavy atom. The molecular weight excluding hydrogens is 90.1 g/mol. The SMILES string of the molecule is CN=CCCOC. The first-order chi connectivity index (χ1) is 3.41.